The van der Waals surface area contributed by atoms with Crippen LogP contribution in [0, 0.1) is 0 Å². The Labute approximate surface area is 154 Å². The number of hydrogen-bond acceptors (Lipinski definition) is 3. The first-order valence-electron chi connectivity index (χ1n) is 8.31. The van der Waals surface area contributed by atoms with Crippen LogP contribution >= 0.6 is 24.2 Å². The van der Waals surface area contributed by atoms with Crippen molar-refractivity contribution in [3.8, 4) is 0 Å². The average Bonchev–Trinajstić information content (AvgIpc) is 3.02. The monoisotopic (exact) mass is 364 g/mol. The maximum Gasteiger partial charge on any atom is 0.240 e. The summed E-state index contributed by atoms with van der Waals surface area (Å²) in [5, 5.41) is 5.60. The fourth-order valence-corrected chi connectivity index (χ4v) is 4.11. The molecular weight excluding hydrogens is 340 g/mol. The van der Waals surface area contributed by atoms with E-state index in [-0.39, 0.29) is 18.3 Å². The summed E-state index contributed by atoms with van der Waals surface area (Å²) < 4.78 is 0. The van der Waals surface area contributed by atoms with E-state index in [2.05, 4.69) is 47.8 Å². The molecule has 24 heavy (non-hydrogen) atoms. The molecule has 0 heterocycles. The van der Waals surface area contributed by atoms with Crippen molar-refractivity contribution >= 4 is 40.8 Å². The van der Waals surface area contributed by atoms with E-state index in [0.717, 1.165) is 37.2 Å². The fraction of sp³-hybridized carbons (Fsp3) is 0.421. The quantitative estimate of drug-likeness (QED) is 0.765. The second-order valence-corrected chi connectivity index (χ2v) is 7.42. The van der Waals surface area contributed by atoms with Crippen LogP contribution in [0.1, 0.15) is 31.2 Å². The van der Waals surface area contributed by atoms with Crippen LogP contribution in [0.15, 0.2) is 42.5 Å². The van der Waals surface area contributed by atoms with Gasteiger partial charge in [-0.05, 0) is 29.2 Å². The van der Waals surface area contributed by atoms with Crippen LogP contribution in [-0.4, -0.2) is 23.7 Å². The topological polar surface area (TPSA) is 55.1 Å². The number of carbonyl (C=O) groups excluding carboxylic acids is 1. The van der Waals surface area contributed by atoms with Crippen molar-refractivity contribution in [1.29, 1.82) is 0 Å². The van der Waals surface area contributed by atoms with Crippen LogP contribution in [0.4, 0.5) is 0 Å². The number of thioether (sulfide) groups is 1. The third-order valence-electron chi connectivity index (χ3n) is 4.62. The lowest BCUT2D eigenvalue weighted by atomic mass is 9.98. The van der Waals surface area contributed by atoms with Gasteiger partial charge < -0.3 is 11.1 Å². The molecule has 0 atom stereocenters. The highest BCUT2D eigenvalue weighted by Gasteiger charge is 2.36. The molecule has 130 valence electrons. The lowest BCUT2D eigenvalue weighted by Gasteiger charge is -2.22. The first-order valence-corrected chi connectivity index (χ1v) is 9.46. The molecular formula is C19H25ClN2OS. The largest absolute Gasteiger partial charge is 0.354 e. The number of amides is 1. The molecule has 1 saturated carbocycles. The summed E-state index contributed by atoms with van der Waals surface area (Å²) in [5.74, 6) is 1.90. The van der Waals surface area contributed by atoms with Crippen molar-refractivity contribution in [2.75, 3.05) is 12.3 Å². The van der Waals surface area contributed by atoms with Gasteiger partial charge in [-0.2, -0.15) is 11.8 Å². The highest BCUT2D eigenvalue weighted by atomic mass is 35.5. The number of carbonyl (C=O) groups is 1. The molecule has 0 saturated heterocycles. The summed E-state index contributed by atoms with van der Waals surface area (Å²) in [4.78, 5) is 12.1. The van der Waals surface area contributed by atoms with Crippen molar-refractivity contribution in [3.05, 3.63) is 48.0 Å². The van der Waals surface area contributed by atoms with Crippen LogP contribution in [-0.2, 0) is 10.5 Å². The predicted octanol–water partition coefficient (Wildman–Crippen LogP) is 3.88. The highest BCUT2D eigenvalue weighted by Crippen LogP contribution is 2.27. The van der Waals surface area contributed by atoms with Crippen molar-refractivity contribution in [2.45, 2.75) is 37.0 Å². The lowest BCUT2D eigenvalue weighted by Crippen LogP contribution is -2.52. The Morgan fingerprint density at radius 3 is 2.62 bits per heavy atom. The Hall–Kier alpha value is -1.23. The van der Waals surface area contributed by atoms with Gasteiger partial charge in [-0.3, -0.25) is 4.79 Å². The number of halogens is 1. The minimum absolute atomic E-state index is 0. The van der Waals surface area contributed by atoms with E-state index in [1.807, 2.05) is 11.8 Å². The molecule has 3 N–H and O–H groups in total. The molecule has 0 unspecified atom stereocenters. The molecule has 2 aromatic rings. The van der Waals surface area contributed by atoms with E-state index in [1.165, 1.54) is 16.3 Å². The molecule has 0 aromatic heterocycles. The van der Waals surface area contributed by atoms with E-state index in [9.17, 15) is 4.79 Å². The molecule has 1 amide bonds. The van der Waals surface area contributed by atoms with Crippen molar-refractivity contribution < 1.29 is 4.79 Å². The van der Waals surface area contributed by atoms with Crippen molar-refractivity contribution in [2.24, 2.45) is 5.73 Å². The Kier molecular flexibility index (Phi) is 6.96. The number of fused-ring (bicyclic) bond motifs is 1. The molecule has 3 rings (SSSR count). The van der Waals surface area contributed by atoms with Gasteiger partial charge in [0.25, 0.3) is 0 Å². The standard InChI is InChI=1S/C19H24N2OS.ClH/c20-19(10-3-4-11-19)18(22)21-12-13-23-14-16-8-5-7-15-6-1-2-9-17(15)16;/h1-2,5-9H,3-4,10-14,20H2,(H,21,22);1H. The predicted molar refractivity (Wildman–Crippen MR) is 106 cm³/mol. The van der Waals surface area contributed by atoms with Gasteiger partial charge in [0.2, 0.25) is 5.91 Å². The van der Waals surface area contributed by atoms with E-state index >= 15 is 0 Å². The molecule has 1 fully saturated rings. The number of benzene rings is 2. The van der Waals surface area contributed by atoms with Gasteiger partial charge in [-0.25, -0.2) is 0 Å². The third-order valence-corrected chi connectivity index (χ3v) is 5.63. The van der Waals surface area contributed by atoms with Gasteiger partial charge in [0, 0.05) is 18.1 Å². The number of hydrogen-bond donors (Lipinski definition) is 2. The first-order chi connectivity index (χ1) is 11.2. The normalized spacial score (nSPS) is 15.9. The van der Waals surface area contributed by atoms with E-state index in [1.54, 1.807) is 0 Å². The molecule has 1 aliphatic rings. The zero-order valence-corrected chi connectivity index (χ0v) is 15.4. The summed E-state index contributed by atoms with van der Waals surface area (Å²) in [5.41, 5.74) is 6.89. The number of rotatable bonds is 6. The third kappa shape index (κ3) is 4.44. The highest BCUT2D eigenvalue weighted by molar-refractivity contribution is 7.98. The Morgan fingerprint density at radius 2 is 1.83 bits per heavy atom. The molecule has 1 aliphatic carbocycles. The van der Waals surface area contributed by atoms with E-state index in [4.69, 9.17) is 5.73 Å². The van der Waals surface area contributed by atoms with Gasteiger partial charge in [0.1, 0.15) is 0 Å². The fourth-order valence-electron chi connectivity index (χ4n) is 3.25. The minimum Gasteiger partial charge on any atom is -0.354 e. The molecule has 0 spiro atoms. The van der Waals surface area contributed by atoms with Crippen LogP contribution in [0.3, 0.4) is 0 Å². The average molecular weight is 365 g/mol. The van der Waals surface area contributed by atoms with Gasteiger partial charge in [0.05, 0.1) is 5.54 Å². The zero-order chi connectivity index (χ0) is 16.1. The SMILES string of the molecule is Cl.NC1(C(=O)NCCSCc2cccc3ccccc23)CCCC1. The summed E-state index contributed by atoms with van der Waals surface area (Å²) >= 11 is 1.85. The number of nitrogens with one attached hydrogen (secondary N) is 1. The van der Waals surface area contributed by atoms with Gasteiger partial charge in [-0.15, -0.1) is 12.4 Å². The van der Waals surface area contributed by atoms with Crippen molar-refractivity contribution in [3.63, 3.8) is 0 Å². The summed E-state index contributed by atoms with van der Waals surface area (Å²) in [6.07, 6.45) is 3.78. The Bertz CT molecular complexity index is 681. The van der Waals surface area contributed by atoms with Crippen molar-refractivity contribution in [1.82, 2.24) is 5.32 Å². The molecule has 0 radical (unpaired) electrons. The second-order valence-electron chi connectivity index (χ2n) is 6.31. The number of nitrogens with two attached hydrogens (primary N) is 1. The Morgan fingerprint density at radius 1 is 1.12 bits per heavy atom. The van der Waals surface area contributed by atoms with E-state index < -0.39 is 5.54 Å². The van der Waals surface area contributed by atoms with Crippen LogP contribution in [0.5, 0.6) is 0 Å². The Balaban J connectivity index is 0.00000208. The molecule has 0 bridgehead atoms. The molecule has 5 heteroatoms. The zero-order valence-electron chi connectivity index (χ0n) is 13.8. The van der Waals surface area contributed by atoms with Gasteiger partial charge in [-0.1, -0.05) is 55.3 Å². The summed E-state index contributed by atoms with van der Waals surface area (Å²) in [7, 11) is 0. The molecule has 3 nitrogen and oxygen atoms in total. The maximum absolute atomic E-state index is 12.1. The minimum atomic E-state index is -0.611. The van der Waals surface area contributed by atoms with Crippen LogP contribution < -0.4 is 11.1 Å². The van der Waals surface area contributed by atoms with Gasteiger partial charge in [0.15, 0.2) is 0 Å². The van der Waals surface area contributed by atoms with Crippen LogP contribution in [0.2, 0.25) is 0 Å². The summed E-state index contributed by atoms with van der Waals surface area (Å²) in [6.45, 7) is 0.688. The van der Waals surface area contributed by atoms with Gasteiger partial charge >= 0.3 is 0 Å². The molecule has 2 aromatic carbocycles. The molecule has 0 aliphatic heterocycles. The lowest BCUT2D eigenvalue weighted by molar-refractivity contribution is -0.126. The smallest absolute Gasteiger partial charge is 0.240 e. The van der Waals surface area contributed by atoms with E-state index in [0.29, 0.717) is 6.54 Å². The first kappa shape index (κ1) is 19.1. The second kappa shape index (κ2) is 8.75. The summed E-state index contributed by atoms with van der Waals surface area (Å²) in [6, 6.07) is 14.9. The van der Waals surface area contributed by atoms with Crippen LogP contribution in [0.25, 0.3) is 10.8 Å². The maximum atomic E-state index is 12.1.